The molecule has 1 heterocycles. The van der Waals surface area contributed by atoms with Crippen molar-refractivity contribution in [3.8, 4) is 5.75 Å². The molecule has 0 amide bonds. The van der Waals surface area contributed by atoms with Crippen LogP contribution in [0.25, 0.3) is 10.9 Å². The van der Waals surface area contributed by atoms with Gasteiger partial charge in [-0.2, -0.15) is 0 Å². The lowest BCUT2D eigenvalue weighted by atomic mass is 9.92. The second-order valence-electron chi connectivity index (χ2n) is 7.11. The first kappa shape index (κ1) is 16.3. The van der Waals surface area contributed by atoms with E-state index >= 15 is 0 Å². The van der Waals surface area contributed by atoms with Crippen molar-refractivity contribution in [3.05, 3.63) is 29.5 Å². The van der Waals surface area contributed by atoms with Gasteiger partial charge in [0.05, 0.1) is 17.9 Å². The number of nitrogens with one attached hydrogen (secondary N) is 2. The lowest BCUT2D eigenvalue weighted by Crippen LogP contribution is -2.42. The monoisotopic (exact) mass is 336 g/mol. The number of aryl methyl sites for hydroxylation is 1. The Labute approximate surface area is 137 Å². The molecule has 0 radical (unpaired) electrons. The maximum Gasteiger partial charge on any atom is 0.217 e. The van der Waals surface area contributed by atoms with E-state index in [2.05, 4.69) is 9.71 Å². The molecule has 2 N–H and O–H groups in total. The maximum atomic E-state index is 12.5. The zero-order valence-corrected chi connectivity index (χ0v) is 14.9. The summed E-state index contributed by atoms with van der Waals surface area (Å²) in [4.78, 5) is 3.41. The molecule has 0 saturated carbocycles. The second kappa shape index (κ2) is 5.53. The summed E-state index contributed by atoms with van der Waals surface area (Å²) in [6.45, 7) is 5.15. The number of H-pyrrole nitrogens is 1. The van der Waals surface area contributed by atoms with Crippen molar-refractivity contribution in [3.63, 3.8) is 0 Å². The minimum absolute atomic E-state index is 0.193. The van der Waals surface area contributed by atoms with Gasteiger partial charge in [-0.25, -0.2) is 13.1 Å². The molecule has 2 aromatic rings. The van der Waals surface area contributed by atoms with Crippen LogP contribution in [0.4, 0.5) is 0 Å². The Bertz CT molecular complexity index is 831. The molecule has 1 aliphatic carbocycles. The van der Waals surface area contributed by atoms with Gasteiger partial charge in [0.15, 0.2) is 0 Å². The van der Waals surface area contributed by atoms with Crippen molar-refractivity contribution in [2.45, 2.75) is 50.8 Å². The predicted molar refractivity (Wildman–Crippen MR) is 92.3 cm³/mol. The van der Waals surface area contributed by atoms with Crippen molar-refractivity contribution in [2.75, 3.05) is 7.11 Å². The van der Waals surface area contributed by atoms with Gasteiger partial charge in [-0.3, -0.25) is 0 Å². The van der Waals surface area contributed by atoms with Crippen molar-refractivity contribution >= 4 is 20.9 Å². The highest BCUT2D eigenvalue weighted by atomic mass is 32.2. The van der Waals surface area contributed by atoms with Gasteiger partial charge in [0.1, 0.15) is 5.75 Å². The van der Waals surface area contributed by atoms with Crippen LogP contribution in [-0.4, -0.2) is 25.3 Å². The van der Waals surface area contributed by atoms with Crippen LogP contribution < -0.4 is 9.46 Å². The molecular weight excluding hydrogens is 312 g/mol. The molecule has 1 aromatic heterocycles. The molecule has 6 heteroatoms. The molecule has 0 fully saturated rings. The standard InChI is InChI=1S/C17H24N2O3S/c1-17(2,3)23(20,21)19-15-7-5-6-12-13-10-11(22-4)8-9-14(13)18-16(12)15/h8-10,15,18-19H,5-7H2,1-4H3/t15-/m1/s1. The van der Waals surface area contributed by atoms with E-state index in [0.29, 0.717) is 0 Å². The number of hydrogen-bond donors (Lipinski definition) is 2. The van der Waals surface area contributed by atoms with Gasteiger partial charge >= 0.3 is 0 Å². The normalized spacial score (nSPS) is 18.9. The molecular formula is C17H24N2O3S. The molecule has 1 aliphatic rings. The number of ether oxygens (including phenoxy) is 1. The summed E-state index contributed by atoms with van der Waals surface area (Å²) in [7, 11) is -1.73. The van der Waals surface area contributed by atoms with E-state index in [1.807, 2.05) is 18.2 Å². The van der Waals surface area contributed by atoms with Crippen LogP contribution in [-0.2, 0) is 16.4 Å². The summed E-state index contributed by atoms with van der Waals surface area (Å²) in [6, 6.07) is 5.73. The summed E-state index contributed by atoms with van der Waals surface area (Å²) in [5.41, 5.74) is 3.22. The topological polar surface area (TPSA) is 71.2 Å². The third-order valence-electron chi connectivity index (χ3n) is 4.52. The minimum atomic E-state index is -3.39. The molecule has 0 saturated heterocycles. The summed E-state index contributed by atoms with van der Waals surface area (Å²) in [6.07, 6.45) is 2.73. The van der Waals surface area contributed by atoms with Gasteiger partial charge in [0.2, 0.25) is 10.0 Å². The summed E-state index contributed by atoms with van der Waals surface area (Å²) in [5.74, 6) is 0.816. The van der Waals surface area contributed by atoms with E-state index in [4.69, 9.17) is 4.74 Å². The third kappa shape index (κ3) is 2.85. The molecule has 0 spiro atoms. The van der Waals surface area contributed by atoms with Crippen LogP contribution in [0.3, 0.4) is 0 Å². The van der Waals surface area contributed by atoms with Gasteiger partial charge in [-0.1, -0.05) is 0 Å². The van der Waals surface area contributed by atoms with Crippen molar-refractivity contribution in [1.82, 2.24) is 9.71 Å². The molecule has 5 nitrogen and oxygen atoms in total. The first-order chi connectivity index (χ1) is 10.7. The molecule has 0 unspecified atom stereocenters. The lowest BCUT2D eigenvalue weighted by Gasteiger charge is -2.28. The van der Waals surface area contributed by atoms with E-state index in [-0.39, 0.29) is 6.04 Å². The van der Waals surface area contributed by atoms with Gasteiger partial charge in [-0.15, -0.1) is 0 Å². The Morgan fingerprint density at radius 1 is 1.30 bits per heavy atom. The highest BCUT2D eigenvalue weighted by Gasteiger charge is 2.34. The number of methoxy groups -OCH3 is 1. The van der Waals surface area contributed by atoms with Gasteiger partial charge in [0, 0.05) is 16.6 Å². The Morgan fingerprint density at radius 3 is 2.70 bits per heavy atom. The van der Waals surface area contributed by atoms with Crippen LogP contribution in [0, 0.1) is 0 Å². The first-order valence-electron chi connectivity index (χ1n) is 7.93. The van der Waals surface area contributed by atoms with E-state index in [1.54, 1.807) is 27.9 Å². The smallest absolute Gasteiger partial charge is 0.217 e. The second-order valence-corrected chi connectivity index (χ2v) is 9.57. The molecule has 1 atom stereocenters. The first-order valence-corrected chi connectivity index (χ1v) is 9.41. The van der Waals surface area contributed by atoms with Crippen LogP contribution in [0.15, 0.2) is 18.2 Å². The van der Waals surface area contributed by atoms with Gasteiger partial charge in [0.25, 0.3) is 0 Å². The molecule has 3 rings (SSSR count). The molecule has 23 heavy (non-hydrogen) atoms. The highest BCUT2D eigenvalue weighted by Crippen LogP contribution is 2.37. The van der Waals surface area contributed by atoms with Gasteiger partial charge in [-0.05, 0) is 63.8 Å². The van der Waals surface area contributed by atoms with E-state index in [0.717, 1.165) is 41.6 Å². The summed E-state index contributed by atoms with van der Waals surface area (Å²) < 4.78 is 32.4. The number of fused-ring (bicyclic) bond motifs is 3. The fourth-order valence-electron chi connectivity index (χ4n) is 3.05. The molecule has 0 aliphatic heterocycles. The number of hydrogen-bond acceptors (Lipinski definition) is 3. The lowest BCUT2D eigenvalue weighted by molar-refractivity contribution is 0.415. The number of aromatic nitrogens is 1. The van der Waals surface area contributed by atoms with E-state index < -0.39 is 14.8 Å². The Balaban J connectivity index is 2.03. The highest BCUT2D eigenvalue weighted by molar-refractivity contribution is 7.90. The largest absolute Gasteiger partial charge is 0.497 e. The van der Waals surface area contributed by atoms with Crippen molar-refractivity contribution < 1.29 is 13.2 Å². The summed E-state index contributed by atoms with van der Waals surface area (Å²) >= 11 is 0. The Morgan fingerprint density at radius 2 is 2.04 bits per heavy atom. The Kier molecular flexibility index (Phi) is 3.92. The van der Waals surface area contributed by atoms with Crippen molar-refractivity contribution in [1.29, 1.82) is 0 Å². The number of sulfonamides is 1. The van der Waals surface area contributed by atoms with E-state index in [1.165, 1.54) is 5.56 Å². The van der Waals surface area contributed by atoms with Crippen LogP contribution in [0.1, 0.15) is 50.9 Å². The van der Waals surface area contributed by atoms with E-state index in [9.17, 15) is 8.42 Å². The Hall–Kier alpha value is -1.53. The zero-order chi connectivity index (χ0) is 16.8. The molecule has 126 valence electrons. The SMILES string of the molecule is COc1ccc2[nH]c3c(c2c1)CCC[C@H]3NS(=O)(=O)C(C)(C)C. The number of benzene rings is 1. The fraction of sp³-hybridized carbons (Fsp3) is 0.529. The number of aromatic amines is 1. The van der Waals surface area contributed by atoms with Crippen LogP contribution in [0.5, 0.6) is 5.75 Å². The fourth-order valence-corrected chi connectivity index (χ4v) is 4.01. The number of rotatable bonds is 3. The average Bonchev–Trinajstić information content (AvgIpc) is 2.84. The van der Waals surface area contributed by atoms with Gasteiger partial charge < -0.3 is 9.72 Å². The minimum Gasteiger partial charge on any atom is -0.497 e. The maximum absolute atomic E-state index is 12.5. The molecule has 1 aromatic carbocycles. The van der Waals surface area contributed by atoms with Crippen LogP contribution in [0.2, 0.25) is 0 Å². The zero-order valence-electron chi connectivity index (χ0n) is 14.1. The summed E-state index contributed by atoms with van der Waals surface area (Å²) in [5, 5.41) is 1.12. The predicted octanol–water partition coefficient (Wildman–Crippen LogP) is 3.27. The third-order valence-corrected chi connectivity index (χ3v) is 6.73. The van der Waals surface area contributed by atoms with Crippen LogP contribution >= 0.6 is 0 Å². The quantitative estimate of drug-likeness (QED) is 0.903. The molecule has 0 bridgehead atoms. The average molecular weight is 336 g/mol. The van der Waals surface area contributed by atoms with Crippen molar-refractivity contribution in [2.24, 2.45) is 0 Å².